The molecule has 0 atom stereocenters. The van der Waals surface area contributed by atoms with E-state index in [0.717, 1.165) is 0 Å². The quantitative estimate of drug-likeness (QED) is 0.168. The van der Waals surface area contributed by atoms with Crippen LogP contribution in [0.5, 0.6) is 0 Å². The maximum absolute atomic E-state index is 13.4. The Kier molecular flexibility index (Phi) is 7.45. The molecule has 1 heterocycles. The van der Waals surface area contributed by atoms with E-state index >= 15 is 0 Å². The summed E-state index contributed by atoms with van der Waals surface area (Å²) in [5.74, 6) is -1.33. The molecular weight excluding hydrogens is 431 g/mol. The molecule has 0 aliphatic carbocycles. The molecule has 0 unspecified atom stereocenters. The van der Waals surface area contributed by atoms with Gasteiger partial charge >= 0.3 is 11.7 Å². The number of ketones is 2. The molecule has 0 aliphatic heterocycles. The number of rotatable bonds is 8. The summed E-state index contributed by atoms with van der Waals surface area (Å²) in [6.07, 6.45) is -0.847. The second kappa shape index (κ2) is 10.4. The van der Waals surface area contributed by atoms with Crippen LogP contribution in [0.2, 0.25) is 0 Å². The van der Waals surface area contributed by atoms with E-state index in [9.17, 15) is 23.6 Å². The first-order valence-electron chi connectivity index (χ1n) is 10.2. The highest BCUT2D eigenvalue weighted by Crippen LogP contribution is 2.19. The Morgan fingerprint density at radius 3 is 2.33 bits per heavy atom. The van der Waals surface area contributed by atoms with E-state index in [-0.39, 0.29) is 11.4 Å². The lowest BCUT2D eigenvalue weighted by molar-refractivity contribution is 0.101. The summed E-state index contributed by atoms with van der Waals surface area (Å²) in [5.41, 5.74) is -1.41. The van der Waals surface area contributed by atoms with Crippen molar-refractivity contribution in [3.05, 3.63) is 81.7 Å². The summed E-state index contributed by atoms with van der Waals surface area (Å²) < 4.78 is 18.6. The van der Waals surface area contributed by atoms with Crippen molar-refractivity contribution in [2.45, 2.75) is 13.8 Å². The van der Waals surface area contributed by atoms with Crippen LogP contribution < -0.4 is 5.63 Å². The number of Topliss-reactive ketones (excluding diaryl/α,β-unsaturated/α-hetero) is 1. The number of nitrogens with zero attached hydrogens (tertiary/aromatic N) is 2. The van der Waals surface area contributed by atoms with Crippen LogP contribution in [0.15, 0.2) is 69.0 Å². The third-order valence-corrected chi connectivity index (χ3v) is 4.92. The minimum atomic E-state index is -1.35. The maximum Gasteiger partial charge on any atom is 0.435 e. The fourth-order valence-corrected chi connectivity index (χ4v) is 3.08. The third-order valence-electron chi connectivity index (χ3n) is 4.92. The minimum absolute atomic E-state index is 0.0880. The molecule has 8 nitrogen and oxygen atoms in total. The summed E-state index contributed by atoms with van der Waals surface area (Å²) in [5, 5.41) is 3.65. The van der Waals surface area contributed by atoms with Gasteiger partial charge in [0.15, 0.2) is 11.5 Å². The van der Waals surface area contributed by atoms with E-state index in [1.165, 1.54) is 29.2 Å². The van der Waals surface area contributed by atoms with Crippen LogP contribution in [-0.2, 0) is 4.84 Å². The van der Waals surface area contributed by atoms with Crippen molar-refractivity contribution in [2.75, 3.05) is 19.8 Å². The normalized spacial score (nSPS) is 11.3. The molecule has 170 valence electrons. The Balaban J connectivity index is 1.90. The van der Waals surface area contributed by atoms with Crippen LogP contribution in [0.3, 0.4) is 0 Å². The molecule has 0 fully saturated rings. The average molecular weight is 452 g/mol. The third kappa shape index (κ3) is 5.20. The molecule has 0 saturated heterocycles. The molecular formula is C24H21FN2O6. The van der Waals surface area contributed by atoms with Crippen LogP contribution in [0.25, 0.3) is 11.0 Å². The van der Waals surface area contributed by atoms with E-state index < -0.39 is 35.5 Å². The number of oxime groups is 1. The maximum atomic E-state index is 13.4. The zero-order valence-electron chi connectivity index (χ0n) is 18.0. The monoisotopic (exact) mass is 452 g/mol. The van der Waals surface area contributed by atoms with Gasteiger partial charge in [0.05, 0.1) is 0 Å². The van der Waals surface area contributed by atoms with E-state index in [2.05, 4.69) is 9.99 Å². The Morgan fingerprint density at radius 2 is 1.70 bits per heavy atom. The zero-order valence-corrected chi connectivity index (χ0v) is 18.0. The highest BCUT2D eigenvalue weighted by molar-refractivity contribution is 6.46. The molecule has 1 aromatic heterocycles. The van der Waals surface area contributed by atoms with Gasteiger partial charge in [-0.15, -0.1) is 0 Å². The van der Waals surface area contributed by atoms with Gasteiger partial charge in [-0.25, -0.2) is 14.0 Å². The first-order valence-corrected chi connectivity index (χ1v) is 10.2. The second-order valence-electron chi connectivity index (χ2n) is 6.93. The molecule has 0 radical (unpaired) electrons. The lowest BCUT2D eigenvalue weighted by Gasteiger charge is -2.15. The molecule has 3 rings (SSSR count). The molecule has 0 bridgehead atoms. The van der Waals surface area contributed by atoms with E-state index in [1.54, 1.807) is 44.2 Å². The SMILES string of the molecule is CCN(CC)C(=O)O/N=C(/CF)C(=O)c1cc2ccc(C(=O)c3ccccc3)cc2oc1=O. The lowest BCUT2D eigenvalue weighted by atomic mass is 10.0. The number of alkyl halides is 1. The number of benzene rings is 2. The summed E-state index contributed by atoms with van der Waals surface area (Å²) in [7, 11) is 0. The van der Waals surface area contributed by atoms with Gasteiger partial charge in [-0.3, -0.25) is 14.4 Å². The predicted octanol–water partition coefficient (Wildman–Crippen LogP) is 4.01. The smallest absolute Gasteiger partial charge is 0.422 e. The predicted molar refractivity (Wildman–Crippen MR) is 120 cm³/mol. The average Bonchev–Trinajstić information content (AvgIpc) is 2.84. The molecule has 0 aliphatic rings. The number of carbonyl (C=O) groups excluding carboxylic acids is 3. The van der Waals surface area contributed by atoms with Crippen LogP contribution in [-0.4, -0.2) is 48.0 Å². The summed E-state index contributed by atoms with van der Waals surface area (Å²) in [6.45, 7) is 2.76. The Bertz CT molecular complexity index is 1280. The fraction of sp³-hybridized carbons (Fsp3) is 0.208. The van der Waals surface area contributed by atoms with Crippen LogP contribution in [0.1, 0.15) is 40.1 Å². The van der Waals surface area contributed by atoms with E-state index in [1.807, 2.05) is 0 Å². The molecule has 0 spiro atoms. The lowest BCUT2D eigenvalue weighted by Crippen LogP contribution is -2.31. The zero-order chi connectivity index (χ0) is 24.0. The van der Waals surface area contributed by atoms with Gasteiger partial charge in [-0.05, 0) is 26.0 Å². The standard InChI is InChI=1S/C24H21FN2O6/c1-3-27(4-2)24(31)33-26-19(14-25)22(29)18-12-16-10-11-17(13-20(16)32-23(18)30)21(28)15-8-6-5-7-9-15/h5-13H,3-4,14H2,1-2H3/b26-19-. The number of fused-ring (bicyclic) bond motifs is 1. The summed E-state index contributed by atoms with van der Waals surface area (Å²) in [6, 6.07) is 14.2. The van der Waals surface area contributed by atoms with E-state index in [0.29, 0.717) is 29.6 Å². The first-order chi connectivity index (χ1) is 15.9. The molecule has 0 N–H and O–H groups in total. The van der Waals surface area contributed by atoms with Crippen LogP contribution >= 0.6 is 0 Å². The van der Waals surface area contributed by atoms with Crippen molar-refractivity contribution in [3.63, 3.8) is 0 Å². The largest absolute Gasteiger partial charge is 0.435 e. The number of amides is 1. The molecule has 1 amide bonds. The molecule has 0 saturated carbocycles. The molecule has 33 heavy (non-hydrogen) atoms. The molecule has 9 heteroatoms. The van der Waals surface area contributed by atoms with Crippen molar-refractivity contribution in [1.29, 1.82) is 0 Å². The first kappa shape index (κ1) is 23.5. The van der Waals surface area contributed by atoms with Gasteiger partial charge in [0.25, 0.3) is 0 Å². The minimum Gasteiger partial charge on any atom is -0.422 e. The summed E-state index contributed by atoms with van der Waals surface area (Å²) in [4.78, 5) is 55.5. The Labute approximate surface area is 188 Å². The number of carbonyl (C=O) groups is 3. The van der Waals surface area contributed by atoms with Gasteiger partial charge in [0.2, 0.25) is 5.78 Å². The van der Waals surface area contributed by atoms with Gasteiger partial charge in [-0.2, -0.15) is 0 Å². The van der Waals surface area contributed by atoms with Crippen molar-refractivity contribution in [3.8, 4) is 0 Å². The van der Waals surface area contributed by atoms with Gasteiger partial charge in [0.1, 0.15) is 17.8 Å². The number of halogens is 1. The van der Waals surface area contributed by atoms with Crippen molar-refractivity contribution < 1.29 is 28.0 Å². The van der Waals surface area contributed by atoms with Crippen molar-refractivity contribution >= 4 is 34.3 Å². The van der Waals surface area contributed by atoms with Crippen molar-refractivity contribution in [2.24, 2.45) is 5.16 Å². The molecule has 2 aromatic carbocycles. The second-order valence-corrected chi connectivity index (χ2v) is 6.93. The van der Waals surface area contributed by atoms with E-state index in [4.69, 9.17) is 4.42 Å². The van der Waals surface area contributed by atoms with Crippen LogP contribution in [0, 0.1) is 0 Å². The van der Waals surface area contributed by atoms with Gasteiger partial charge < -0.3 is 9.32 Å². The highest BCUT2D eigenvalue weighted by atomic mass is 19.1. The Hall–Kier alpha value is -4.14. The van der Waals surface area contributed by atoms with Gasteiger partial charge in [-0.1, -0.05) is 47.6 Å². The molecule has 3 aromatic rings. The topological polar surface area (TPSA) is 106 Å². The number of hydrogen-bond acceptors (Lipinski definition) is 7. The summed E-state index contributed by atoms with van der Waals surface area (Å²) >= 11 is 0. The Morgan fingerprint density at radius 1 is 1.00 bits per heavy atom. The van der Waals surface area contributed by atoms with Crippen molar-refractivity contribution in [1.82, 2.24) is 4.90 Å². The fourth-order valence-electron chi connectivity index (χ4n) is 3.08. The number of hydrogen-bond donors (Lipinski definition) is 0. The van der Waals surface area contributed by atoms with Crippen LogP contribution in [0.4, 0.5) is 9.18 Å². The highest BCUT2D eigenvalue weighted by Gasteiger charge is 2.22. The van der Waals surface area contributed by atoms with Gasteiger partial charge in [0, 0.05) is 29.6 Å².